The molecule has 0 aromatic carbocycles. The van der Waals surface area contributed by atoms with E-state index >= 15 is 0 Å². The number of hydrogen-bond donors (Lipinski definition) is 3. The van der Waals surface area contributed by atoms with Gasteiger partial charge in [0.2, 0.25) is 0 Å². The van der Waals surface area contributed by atoms with Gasteiger partial charge in [-0.3, -0.25) is 0 Å². The molecular formula is C15H27NO5. The van der Waals surface area contributed by atoms with E-state index in [4.69, 9.17) is 30.2 Å². The highest BCUT2D eigenvalue weighted by atomic mass is 16.5. The number of aliphatic hydroxyl groups excluding tert-OH is 2. The van der Waals surface area contributed by atoms with Crippen LogP contribution in [0.5, 0.6) is 0 Å². The first-order valence-corrected chi connectivity index (χ1v) is 7.10. The van der Waals surface area contributed by atoms with E-state index in [-0.39, 0.29) is 19.1 Å². The average molecular weight is 301 g/mol. The van der Waals surface area contributed by atoms with Gasteiger partial charge in [0.15, 0.2) is 0 Å². The number of rotatable bonds is 12. The molecule has 1 rings (SSSR count). The summed E-state index contributed by atoms with van der Waals surface area (Å²) in [5.41, 5.74) is 7.81. The topological polar surface area (TPSA) is 94.2 Å². The number of hydrogen-bond acceptors (Lipinski definition) is 6. The Morgan fingerprint density at radius 3 is 2.43 bits per heavy atom. The summed E-state index contributed by atoms with van der Waals surface area (Å²) in [5.74, 6) is 0.181. The van der Waals surface area contributed by atoms with E-state index in [1.807, 2.05) is 6.08 Å². The van der Waals surface area contributed by atoms with E-state index in [1.54, 1.807) is 7.11 Å². The standard InChI is InChI=1S/C15H27NO5/c1-12(9-20-5-3-17)14-8-15(14,16)7-13(10-19-2)11-21-6-4-18/h7,14,17-18H,1,3-6,8-11,16H2,2H3/b13-7+. The van der Waals surface area contributed by atoms with E-state index in [0.29, 0.717) is 33.0 Å². The minimum absolute atomic E-state index is 0.00431. The largest absolute Gasteiger partial charge is 0.394 e. The SMILES string of the molecule is C=C(COCCO)C1CC1(N)/C=C(\COC)COCCO. The molecule has 1 saturated carbocycles. The summed E-state index contributed by atoms with van der Waals surface area (Å²) in [4.78, 5) is 0. The van der Waals surface area contributed by atoms with Gasteiger partial charge in [0.05, 0.1) is 46.2 Å². The Bertz CT molecular complexity index is 358. The van der Waals surface area contributed by atoms with Crippen LogP contribution in [0.25, 0.3) is 0 Å². The second-order valence-corrected chi connectivity index (χ2v) is 5.32. The fraction of sp³-hybridized carbons (Fsp3) is 0.733. The van der Waals surface area contributed by atoms with Crippen LogP contribution in [-0.2, 0) is 14.2 Å². The van der Waals surface area contributed by atoms with Gasteiger partial charge in [-0.25, -0.2) is 0 Å². The second-order valence-electron chi connectivity index (χ2n) is 5.32. The van der Waals surface area contributed by atoms with Crippen molar-refractivity contribution in [3.8, 4) is 0 Å². The monoisotopic (exact) mass is 301 g/mol. The van der Waals surface area contributed by atoms with Crippen LogP contribution in [0.4, 0.5) is 0 Å². The van der Waals surface area contributed by atoms with Crippen molar-refractivity contribution in [2.75, 3.05) is 53.4 Å². The third-order valence-electron chi connectivity index (χ3n) is 3.39. The lowest BCUT2D eigenvalue weighted by molar-refractivity contribution is 0.0987. The summed E-state index contributed by atoms with van der Waals surface area (Å²) in [6, 6.07) is 0. The summed E-state index contributed by atoms with van der Waals surface area (Å²) in [6.45, 7) is 5.87. The Labute approximate surface area is 126 Å². The van der Waals surface area contributed by atoms with Crippen molar-refractivity contribution in [2.24, 2.45) is 11.7 Å². The molecule has 0 radical (unpaired) electrons. The normalized spacial score (nSPS) is 25.1. The van der Waals surface area contributed by atoms with Crippen LogP contribution >= 0.6 is 0 Å². The van der Waals surface area contributed by atoms with Gasteiger partial charge < -0.3 is 30.2 Å². The molecule has 1 aliphatic carbocycles. The van der Waals surface area contributed by atoms with Crippen LogP contribution < -0.4 is 5.73 Å². The summed E-state index contributed by atoms with van der Waals surface area (Å²) in [5, 5.41) is 17.4. The molecule has 0 saturated heterocycles. The highest BCUT2D eigenvalue weighted by molar-refractivity contribution is 5.33. The fourth-order valence-corrected chi connectivity index (χ4v) is 2.31. The highest BCUT2D eigenvalue weighted by Gasteiger charge is 2.50. The summed E-state index contributed by atoms with van der Waals surface area (Å²) >= 11 is 0. The first-order valence-electron chi connectivity index (χ1n) is 7.10. The van der Waals surface area contributed by atoms with Gasteiger partial charge in [-0.2, -0.15) is 0 Å². The van der Waals surface area contributed by atoms with E-state index in [0.717, 1.165) is 17.6 Å². The molecule has 6 nitrogen and oxygen atoms in total. The van der Waals surface area contributed by atoms with Crippen LogP contribution in [-0.4, -0.2) is 69.1 Å². The molecule has 1 aliphatic rings. The van der Waals surface area contributed by atoms with E-state index in [2.05, 4.69) is 6.58 Å². The Kier molecular flexibility index (Phi) is 8.10. The minimum atomic E-state index is -0.421. The Morgan fingerprint density at radius 2 is 1.86 bits per heavy atom. The zero-order valence-electron chi connectivity index (χ0n) is 12.7. The second kappa shape index (κ2) is 9.30. The lowest BCUT2D eigenvalue weighted by Gasteiger charge is -2.13. The first-order chi connectivity index (χ1) is 10.1. The predicted octanol–water partition coefficient (Wildman–Crippen LogP) is -0.149. The smallest absolute Gasteiger partial charge is 0.0702 e. The quantitative estimate of drug-likeness (QED) is 0.343. The predicted molar refractivity (Wildman–Crippen MR) is 79.9 cm³/mol. The molecule has 0 aromatic rings. The van der Waals surface area contributed by atoms with Crippen molar-refractivity contribution in [2.45, 2.75) is 12.0 Å². The molecule has 6 heteroatoms. The number of aliphatic hydroxyl groups is 2. The third-order valence-corrected chi connectivity index (χ3v) is 3.39. The molecule has 0 spiro atoms. The molecule has 122 valence electrons. The van der Waals surface area contributed by atoms with Crippen molar-refractivity contribution >= 4 is 0 Å². The molecule has 0 heterocycles. The maximum absolute atomic E-state index is 8.73. The molecule has 21 heavy (non-hydrogen) atoms. The van der Waals surface area contributed by atoms with Gasteiger partial charge in [0, 0.05) is 18.6 Å². The first kappa shape index (κ1) is 18.3. The molecule has 2 atom stereocenters. The zero-order valence-corrected chi connectivity index (χ0v) is 12.7. The van der Waals surface area contributed by atoms with E-state index < -0.39 is 5.54 Å². The molecule has 0 aromatic heterocycles. The van der Waals surface area contributed by atoms with Gasteiger partial charge in [0.25, 0.3) is 0 Å². The van der Waals surface area contributed by atoms with Crippen LogP contribution in [0.15, 0.2) is 23.8 Å². The van der Waals surface area contributed by atoms with Gasteiger partial charge in [-0.05, 0) is 17.6 Å². The molecule has 0 bridgehead atoms. The lowest BCUT2D eigenvalue weighted by Crippen LogP contribution is -2.25. The van der Waals surface area contributed by atoms with Crippen LogP contribution in [0, 0.1) is 5.92 Å². The molecule has 0 amide bonds. The van der Waals surface area contributed by atoms with Crippen molar-refractivity contribution in [3.05, 3.63) is 23.8 Å². The molecular weight excluding hydrogens is 274 g/mol. The number of methoxy groups -OCH3 is 1. The van der Waals surface area contributed by atoms with Crippen LogP contribution in [0.3, 0.4) is 0 Å². The Morgan fingerprint density at radius 1 is 1.24 bits per heavy atom. The van der Waals surface area contributed by atoms with Gasteiger partial charge in [0.1, 0.15) is 0 Å². The van der Waals surface area contributed by atoms with Gasteiger partial charge in [-0.15, -0.1) is 0 Å². The lowest BCUT2D eigenvalue weighted by atomic mass is 10.1. The van der Waals surface area contributed by atoms with Crippen molar-refractivity contribution in [1.29, 1.82) is 0 Å². The maximum atomic E-state index is 8.73. The van der Waals surface area contributed by atoms with Crippen LogP contribution in [0.1, 0.15) is 6.42 Å². The van der Waals surface area contributed by atoms with E-state index in [1.165, 1.54) is 0 Å². The maximum Gasteiger partial charge on any atom is 0.0702 e. The average Bonchev–Trinajstić information content (AvgIpc) is 3.11. The Balaban J connectivity index is 2.49. The summed E-state index contributed by atoms with van der Waals surface area (Å²) in [6.07, 6.45) is 2.80. The van der Waals surface area contributed by atoms with Gasteiger partial charge in [-0.1, -0.05) is 12.7 Å². The molecule has 0 aliphatic heterocycles. The van der Waals surface area contributed by atoms with Crippen LogP contribution in [0.2, 0.25) is 0 Å². The minimum Gasteiger partial charge on any atom is -0.394 e. The van der Waals surface area contributed by atoms with E-state index in [9.17, 15) is 0 Å². The Hall–Kier alpha value is -0.760. The number of ether oxygens (including phenoxy) is 3. The number of nitrogens with two attached hydrogens (primary N) is 1. The van der Waals surface area contributed by atoms with Crippen molar-refractivity contribution in [3.63, 3.8) is 0 Å². The van der Waals surface area contributed by atoms with Gasteiger partial charge >= 0.3 is 0 Å². The molecule has 1 fully saturated rings. The molecule has 4 N–H and O–H groups in total. The third kappa shape index (κ3) is 6.25. The van der Waals surface area contributed by atoms with Crippen molar-refractivity contribution in [1.82, 2.24) is 0 Å². The zero-order chi connectivity index (χ0) is 15.7. The highest BCUT2D eigenvalue weighted by Crippen LogP contribution is 2.47. The summed E-state index contributed by atoms with van der Waals surface area (Å²) in [7, 11) is 1.62. The van der Waals surface area contributed by atoms with Crippen molar-refractivity contribution < 1.29 is 24.4 Å². The molecule has 2 unspecified atom stereocenters. The summed E-state index contributed by atoms with van der Waals surface area (Å²) < 4.78 is 15.7. The fourth-order valence-electron chi connectivity index (χ4n) is 2.31.